The Hall–Kier alpha value is -1.41. The van der Waals surface area contributed by atoms with Gasteiger partial charge in [0.15, 0.2) is 0 Å². The van der Waals surface area contributed by atoms with Gasteiger partial charge in [0.25, 0.3) is 0 Å². The van der Waals surface area contributed by atoms with Gasteiger partial charge >= 0.3 is 0 Å². The van der Waals surface area contributed by atoms with E-state index >= 15 is 0 Å². The van der Waals surface area contributed by atoms with E-state index in [1.807, 2.05) is 17.9 Å². The molecule has 0 spiro atoms. The molecule has 0 radical (unpaired) electrons. The second-order valence-corrected chi connectivity index (χ2v) is 6.76. The first-order valence-corrected chi connectivity index (χ1v) is 8.62. The van der Waals surface area contributed by atoms with Gasteiger partial charge in [-0.2, -0.15) is 4.98 Å². The summed E-state index contributed by atoms with van der Waals surface area (Å²) in [5, 5.41) is 3.15. The third-order valence-electron chi connectivity index (χ3n) is 3.21. The van der Waals surface area contributed by atoms with Gasteiger partial charge in [-0.3, -0.25) is 0 Å². The van der Waals surface area contributed by atoms with Gasteiger partial charge in [-0.25, -0.2) is 17.7 Å². The lowest BCUT2D eigenvalue weighted by atomic mass is 10.4. The largest absolute Gasteiger partial charge is 0.370 e. The molecule has 1 aromatic heterocycles. The van der Waals surface area contributed by atoms with E-state index in [9.17, 15) is 8.42 Å². The number of hydrogen-bond donors (Lipinski definition) is 1. The normalized spacial score (nSPS) is 17.8. The summed E-state index contributed by atoms with van der Waals surface area (Å²) >= 11 is 0. The number of hydrogen-bond acceptors (Lipinski definition) is 6. The molecule has 1 saturated heterocycles. The molecule has 2 heterocycles. The molecule has 1 aliphatic rings. The molecule has 1 N–H and O–H groups in total. The maximum atomic E-state index is 11.6. The minimum absolute atomic E-state index is 0.480. The highest BCUT2D eigenvalue weighted by molar-refractivity contribution is 7.88. The van der Waals surface area contributed by atoms with E-state index in [0.29, 0.717) is 25.6 Å². The van der Waals surface area contributed by atoms with Crippen molar-refractivity contribution in [3.8, 4) is 0 Å². The van der Waals surface area contributed by atoms with E-state index in [4.69, 9.17) is 0 Å². The zero-order valence-corrected chi connectivity index (χ0v) is 12.7. The molecule has 0 bridgehead atoms. The van der Waals surface area contributed by atoms with Crippen LogP contribution in [0.1, 0.15) is 13.3 Å². The van der Waals surface area contributed by atoms with Crippen LogP contribution in [0.3, 0.4) is 0 Å². The Balaban J connectivity index is 2.08. The molecule has 1 aliphatic heterocycles. The number of nitrogens with one attached hydrogen (secondary N) is 1. The van der Waals surface area contributed by atoms with Crippen molar-refractivity contribution in [3.63, 3.8) is 0 Å². The molecule has 0 unspecified atom stereocenters. The third kappa shape index (κ3) is 3.80. The van der Waals surface area contributed by atoms with Gasteiger partial charge in [-0.15, -0.1) is 0 Å². The smallest absolute Gasteiger partial charge is 0.227 e. The van der Waals surface area contributed by atoms with E-state index < -0.39 is 10.0 Å². The lowest BCUT2D eigenvalue weighted by molar-refractivity contribution is 0.437. The quantitative estimate of drug-likeness (QED) is 0.866. The van der Waals surface area contributed by atoms with E-state index in [2.05, 4.69) is 15.3 Å². The maximum Gasteiger partial charge on any atom is 0.227 e. The Morgan fingerprint density at radius 1 is 1.30 bits per heavy atom. The standard InChI is InChI=1S/C12H21N5O2S/c1-3-13-11-5-6-14-12(15-11)16-7-4-8-17(10-9-16)20(2,18)19/h5-6H,3-4,7-10H2,1-2H3,(H,13,14,15). The summed E-state index contributed by atoms with van der Waals surface area (Å²) in [7, 11) is -3.12. The molecule has 0 amide bonds. The Labute approximate surface area is 120 Å². The topological polar surface area (TPSA) is 78.4 Å². The van der Waals surface area contributed by atoms with Gasteiger partial charge in [-0.05, 0) is 19.4 Å². The zero-order valence-electron chi connectivity index (χ0n) is 11.9. The zero-order chi connectivity index (χ0) is 14.6. The minimum atomic E-state index is -3.12. The molecule has 112 valence electrons. The average Bonchev–Trinajstić information content (AvgIpc) is 2.64. The molecule has 0 aromatic carbocycles. The third-order valence-corrected chi connectivity index (χ3v) is 4.51. The lowest BCUT2D eigenvalue weighted by Gasteiger charge is -2.21. The highest BCUT2D eigenvalue weighted by Gasteiger charge is 2.22. The number of rotatable bonds is 4. The number of aromatic nitrogens is 2. The van der Waals surface area contributed by atoms with Crippen LogP contribution in [0.5, 0.6) is 0 Å². The first-order chi connectivity index (χ1) is 9.50. The van der Waals surface area contributed by atoms with Gasteiger partial charge in [-0.1, -0.05) is 0 Å². The predicted molar refractivity (Wildman–Crippen MR) is 79.4 cm³/mol. The van der Waals surface area contributed by atoms with Crippen LogP contribution in [-0.2, 0) is 10.0 Å². The SMILES string of the molecule is CCNc1ccnc(N2CCCN(S(C)(=O)=O)CC2)n1. The van der Waals surface area contributed by atoms with Gasteiger partial charge in [0.1, 0.15) is 5.82 Å². The fourth-order valence-electron chi connectivity index (χ4n) is 2.21. The van der Waals surface area contributed by atoms with Gasteiger partial charge in [0, 0.05) is 38.9 Å². The average molecular weight is 299 g/mol. The van der Waals surface area contributed by atoms with Crippen molar-refractivity contribution in [2.75, 3.05) is 49.2 Å². The molecule has 8 heteroatoms. The Morgan fingerprint density at radius 3 is 2.80 bits per heavy atom. The number of nitrogens with zero attached hydrogens (tertiary/aromatic N) is 4. The molecule has 1 fully saturated rings. The van der Waals surface area contributed by atoms with E-state index in [1.54, 1.807) is 6.20 Å². The molecule has 0 aliphatic carbocycles. The highest BCUT2D eigenvalue weighted by Crippen LogP contribution is 2.14. The molecule has 1 aromatic rings. The van der Waals surface area contributed by atoms with Crippen LogP contribution in [0.25, 0.3) is 0 Å². The van der Waals surface area contributed by atoms with Crippen molar-refractivity contribution < 1.29 is 8.42 Å². The first-order valence-electron chi connectivity index (χ1n) is 6.77. The van der Waals surface area contributed by atoms with Crippen LogP contribution >= 0.6 is 0 Å². The monoisotopic (exact) mass is 299 g/mol. The van der Waals surface area contributed by atoms with Crippen molar-refractivity contribution in [3.05, 3.63) is 12.3 Å². The minimum Gasteiger partial charge on any atom is -0.370 e. The Kier molecular flexibility index (Phi) is 4.77. The van der Waals surface area contributed by atoms with Crippen molar-refractivity contribution in [1.29, 1.82) is 0 Å². The summed E-state index contributed by atoms with van der Waals surface area (Å²) in [5.74, 6) is 1.44. The molecule has 0 saturated carbocycles. The van der Waals surface area contributed by atoms with Crippen LogP contribution in [0.15, 0.2) is 12.3 Å². The number of sulfonamides is 1. The summed E-state index contributed by atoms with van der Waals surface area (Å²) < 4.78 is 24.7. The Bertz CT molecular complexity index is 549. The van der Waals surface area contributed by atoms with Crippen LogP contribution in [-0.4, -0.2) is 61.7 Å². The van der Waals surface area contributed by atoms with E-state index in [0.717, 1.165) is 25.3 Å². The second kappa shape index (κ2) is 6.36. The van der Waals surface area contributed by atoms with Crippen molar-refractivity contribution >= 4 is 21.8 Å². The molecular weight excluding hydrogens is 278 g/mol. The summed E-state index contributed by atoms with van der Waals surface area (Å²) in [5.41, 5.74) is 0. The summed E-state index contributed by atoms with van der Waals surface area (Å²) in [6.45, 7) is 5.23. The fourth-order valence-corrected chi connectivity index (χ4v) is 3.08. The van der Waals surface area contributed by atoms with Gasteiger partial charge in [0.2, 0.25) is 16.0 Å². The highest BCUT2D eigenvalue weighted by atomic mass is 32.2. The Morgan fingerprint density at radius 2 is 2.10 bits per heavy atom. The van der Waals surface area contributed by atoms with Crippen molar-refractivity contribution in [2.45, 2.75) is 13.3 Å². The van der Waals surface area contributed by atoms with Crippen LogP contribution in [0.4, 0.5) is 11.8 Å². The number of anilines is 2. The lowest BCUT2D eigenvalue weighted by Crippen LogP contribution is -2.34. The van der Waals surface area contributed by atoms with E-state index in [-0.39, 0.29) is 0 Å². The van der Waals surface area contributed by atoms with Gasteiger partial charge in [0.05, 0.1) is 6.26 Å². The van der Waals surface area contributed by atoms with Crippen LogP contribution < -0.4 is 10.2 Å². The predicted octanol–water partition coefficient (Wildman–Crippen LogP) is 0.380. The van der Waals surface area contributed by atoms with E-state index in [1.165, 1.54) is 10.6 Å². The molecule has 2 rings (SSSR count). The first kappa shape index (κ1) is 15.0. The summed E-state index contributed by atoms with van der Waals surface area (Å²) in [4.78, 5) is 10.8. The second-order valence-electron chi connectivity index (χ2n) is 4.77. The van der Waals surface area contributed by atoms with Crippen molar-refractivity contribution in [2.24, 2.45) is 0 Å². The molecule has 0 atom stereocenters. The van der Waals surface area contributed by atoms with Crippen molar-refractivity contribution in [1.82, 2.24) is 14.3 Å². The molecule has 7 nitrogen and oxygen atoms in total. The summed E-state index contributed by atoms with van der Waals surface area (Å²) in [6.07, 6.45) is 3.76. The maximum absolute atomic E-state index is 11.6. The van der Waals surface area contributed by atoms with Gasteiger partial charge < -0.3 is 10.2 Å². The summed E-state index contributed by atoms with van der Waals surface area (Å²) in [6, 6.07) is 1.83. The fraction of sp³-hybridized carbons (Fsp3) is 0.667. The molecule has 20 heavy (non-hydrogen) atoms. The molecular formula is C12H21N5O2S. The van der Waals surface area contributed by atoms with Crippen LogP contribution in [0, 0.1) is 0 Å². The van der Waals surface area contributed by atoms with Crippen LogP contribution in [0.2, 0.25) is 0 Å².